The lowest BCUT2D eigenvalue weighted by Crippen LogP contribution is -2.46. The molecule has 0 aromatic carbocycles. The van der Waals surface area contributed by atoms with E-state index in [9.17, 15) is 9.90 Å². The van der Waals surface area contributed by atoms with E-state index in [1.54, 1.807) is 6.92 Å². The molecule has 0 saturated heterocycles. The van der Waals surface area contributed by atoms with Crippen molar-refractivity contribution >= 4 is 22.1 Å². The number of rotatable bonds is 5. The highest BCUT2D eigenvalue weighted by molar-refractivity contribution is 6.84. The Morgan fingerprint density at radius 3 is 1.91 bits per heavy atom. The Kier molecular flexibility index (Phi) is 5.52. The first-order valence-electron chi connectivity index (χ1n) is 7.82. The third-order valence-electron chi connectivity index (χ3n) is 3.70. The SMILES string of the molecule is CCOC(=O)C(C)(O)C1C=C([Si](C)(C)C)OC([Si](C)(C)C)=C1. The zero-order valence-corrected chi connectivity index (χ0v) is 17.1. The molecule has 1 aliphatic rings. The van der Waals surface area contributed by atoms with E-state index in [1.165, 1.54) is 6.92 Å². The molecule has 0 aromatic heterocycles. The van der Waals surface area contributed by atoms with Crippen LogP contribution in [0.1, 0.15) is 13.8 Å². The molecule has 0 aromatic rings. The average molecular weight is 343 g/mol. The summed E-state index contributed by atoms with van der Waals surface area (Å²) in [7, 11) is -3.39. The van der Waals surface area contributed by atoms with Crippen molar-refractivity contribution in [1.82, 2.24) is 0 Å². The second kappa shape index (κ2) is 6.33. The van der Waals surface area contributed by atoms with Crippen molar-refractivity contribution < 1.29 is 19.4 Å². The van der Waals surface area contributed by atoms with Gasteiger partial charge in [0, 0.05) is 5.92 Å². The highest BCUT2D eigenvalue weighted by Crippen LogP contribution is 2.35. The first-order valence-corrected chi connectivity index (χ1v) is 14.8. The molecule has 126 valence electrons. The second-order valence-corrected chi connectivity index (χ2v) is 18.0. The van der Waals surface area contributed by atoms with Gasteiger partial charge in [-0.25, -0.2) is 4.79 Å². The van der Waals surface area contributed by atoms with E-state index in [1.807, 2.05) is 12.2 Å². The Morgan fingerprint density at radius 1 is 1.18 bits per heavy atom. The van der Waals surface area contributed by atoms with Crippen LogP contribution in [0, 0.1) is 5.92 Å². The Bertz CT molecular complexity index is 463. The van der Waals surface area contributed by atoms with Crippen LogP contribution in [0.4, 0.5) is 0 Å². The van der Waals surface area contributed by atoms with Crippen molar-refractivity contribution in [3.05, 3.63) is 22.9 Å². The van der Waals surface area contributed by atoms with Crippen molar-refractivity contribution in [2.45, 2.75) is 58.7 Å². The molecule has 0 spiro atoms. The lowest BCUT2D eigenvalue weighted by molar-refractivity contribution is -0.165. The van der Waals surface area contributed by atoms with E-state index in [-0.39, 0.29) is 6.61 Å². The van der Waals surface area contributed by atoms with Crippen LogP contribution in [0.15, 0.2) is 22.9 Å². The Labute approximate surface area is 136 Å². The van der Waals surface area contributed by atoms with Crippen LogP contribution in [-0.2, 0) is 14.3 Å². The largest absolute Gasteiger partial charge is 0.477 e. The zero-order chi connectivity index (χ0) is 17.3. The molecule has 1 unspecified atom stereocenters. The maximum Gasteiger partial charge on any atom is 0.338 e. The van der Waals surface area contributed by atoms with Gasteiger partial charge in [-0.3, -0.25) is 0 Å². The smallest absolute Gasteiger partial charge is 0.338 e. The van der Waals surface area contributed by atoms with Gasteiger partial charge in [-0.1, -0.05) is 39.3 Å². The third kappa shape index (κ3) is 4.33. The normalized spacial score (nSPS) is 19.7. The molecule has 0 amide bonds. The molecule has 1 atom stereocenters. The Hall–Kier alpha value is -0.856. The number of ether oxygens (including phenoxy) is 2. The predicted molar refractivity (Wildman–Crippen MR) is 94.7 cm³/mol. The fourth-order valence-corrected chi connectivity index (χ4v) is 4.40. The standard InChI is InChI=1S/C16H30O4Si2/c1-9-19-15(17)16(2,18)12-10-13(21(3,4)5)20-14(11-12)22(6,7)8/h10-12,18H,9H2,1-8H3. The molecule has 4 nitrogen and oxygen atoms in total. The van der Waals surface area contributed by atoms with Gasteiger partial charge < -0.3 is 14.6 Å². The Balaban J connectivity index is 3.28. The lowest BCUT2D eigenvalue weighted by Gasteiger charge is -2.36. The molecule has 22 heavy (non-hydrogen) atoms. The molecule has 0 bridgehead atoms. The topological polar surface area (TPSA) is 55.8 Å². The predicted octanol–water partition coefficient (Wildman–Crippen LogP) is 3.47. The van der Waals surface area contributed by atoms with Crippen LogP contribution in [0.2, 0.25) is 39.3 Å². The fourth-order valence-electron chi connectivity index (χ4n) is 2.10. The second-order valence-electron chi connectivity index (χ2n) is 8.06. The van der Waals surface area contributed by atoms with Gasteiger partial charge in [0.15, 0.2) is 5.60 Å². The van der Waals surface area contributed by atoms with Crippen LogP contribution in [0.5, 0.6) is 0 Å². The number of aliphatic hydroxyl groups is 1. The van der Waals surface area contributed by atoms with Crippen LogP contribution in [0.3, 0.4) is 0 Å². The number of hydrogen-bond donors (Lipinski definition) is 1. The van der Waals surface area contributed by atoms with Gasteiger partial charge in [-0.15, -0.1) is 0 Å². The molecule has 1 N–H and O–H groups in total. The van der Waals surface area contributed by atoms with Crippen molar-refractivity contribution in [3.8, 4) is 0 Å². The van der Waals surface area contributed by atoms with Gasteiger partial charge in [0.2, 0.25) is 0 Å². The molecular formula is C16H30O4Si2. The van der Waals surface area contributed by atoms with E-state index in [0.29, 0.717) is 0 Å². The molecule has 1 rings (SSSR count). The van der Waals surface area contributed by atoms with E-state index in [4.69, 9.17) is 9.47 Å². The maximum absolute atomic E-state index is 12.1. The van der Waals surface area contributed by atoms with Gasteiger partial charge in [-0.2, -0.15) is 0 Å². The highest BCUT2D eigenvalue weighted by Gasteiger charge is 2.43. The summed E-state index contributed by atoms with van der Waals surface area (Å²) in [6.07, 6.45) is 3.82. The molecule has 6 heteroatoms. The first kappa shape index (κ1) is 19.2. The number of carbonyl (C=O) groups excluding carboxylic acids is 1. The van der Waals surface area contributed by atoms with E-state index < -0.39 is 33.6 Å². The fraction of sp³-hybridized carbons (Fsp3) is 0.688. The third-order valence-corrected chi connectivity index (χ3v) is 7.19. The zero-order valence-electron chi connectivity index (χ0n) is 15.1. The number of hydrogen-bond acceptors (Lipinski definition) is 4. The monoisotopic (exact) mass is 342 g/mol. The van der Waals surface area contributed by atoms with Crippen molar-refractivity contribution in [3.63, 3.8) is 0 Å². The molecule has 0 fully saturated rings. The number of esters is 1. The summed E-state index contributed by atoms with van der Waals surface area (Å²) in [6, 6.07) is 0. The van der Waals surface area contributed by atoms with Crippen molar-refractivity contribution in [1.29, 1.82) is 0 Å². The van der Waals surface area contributed by atoms with Gasteiger partial charge in [0.25, 0.3) is 0 Å². The van der Waals surface area contributed by atoms with Crippen LogP contribution in [-0.4, -0.2) is 39.4 Å². The summed E-state index contributed by atoms with van der Waals surface area (Å²) in [6.45, 7) is 16.7. The molecule has 1 heterocycles. The Morgan fingerprint density at radius 2 is 1.59 bits per heavy atom. The van der Waals surface area contributed by atoms with E-state index in [0.717, 1.165) is 10.8 Å². The molecule has 0 saturated carbocycles. The minimum atomic E-state index is -1.69. The average Bonchev–Trinajstić information content (AvgIpc) is 2.36. The van der Waals surface area contributed by atoms with E-state index >= 15 is 0 Å². The summed E-state index contributed by atoms with van der Waals surface area (Å²) in [5, 5.41) is 12.6. The summed E-state index contributed by atoms with van der Waals surface area (Å²) < 4.78 is 11.2. The lowest BCUT2D eigenvalue weighted by atomic mass is 9.88. The van der Waals surface area contributed by atoms with Crippen LogP contribution < -0.4 is 0 Å². The molecule has 1 aliphatic heterocycles. The summed E-state index contributed by atoms with van der Waals surface area (Å²) in [5.74, 6) is -0.997. The van der Waals surface area contributed by atoms with Crippen molar-refractivity contribution in [2.75, 3.05) is 6.61 Å². The van der Waals surface area contributed by atoms with Crippen LogP contribution in [0.25, 0.3) is 0 Å². The van der Waals surface area contributed by atoms with Crippen molar-refractivity contribution in [2.24, 2.45) is 5.92 Å². The maximum atomic E-state index is 12.1. The highest BCUT2D eigenvalue weighted by atomic mass is 28.3. The number of carbonyl (C=O) groups is 1. The van der Waals surface area contributed by atoms with Gasteiger partial charge in [0.05, 0.1) is 17.4 Å². The summed E-state index contributed by atoms with van der Waals surface area (Å²) in [4.78, 5) is 12.1. The molecular weight excluding hydrogens is 312 g/mol. The summed E-state index contributed by atoms with van der Waals surface area (Å²) >= 11 is 0. The minimum Gasteiger partial charge on any atom is -0.477 e. The quantitative estimate of drug-likeness (QED) is 0.614. The first-order chi connectivity index (χ1) is 9.80. The van der Waals surface area contributed by atoms with Crippen LogP contribution >= 0.6 is 0 Å². The van der Waals surface area contributed by atoms with E-state index in [2.05, 4.69) is 39.3 Å². The summed E-state index contributed by atoms with van der Waals surface area (Å²) in [5.41, 5.74) is -1.57. The molecule has 0 aliphatic carbocycles. The molecule has 0 radical (unpaired) electrons. The van der Waals surface area contributed by atoms with Gasteiger partial charge >= 0.3 is 5.97 Å². The minimum absolute atomic E-state index is 0.257. The van der Waals surface area contributed by atoms with Gasteiger partial charge in [-0.05, 0) is 26.0 Å². The van der Waals surface area contributed by atoms with Gasteiger partial charge in [0.1, 0.15) is 16.1 Å².